The van der Waals surface area contributed by atoms with Crippen LogP contribution in [-0.2, 0) is 24.3 Å². The second-order valence-corrected chi connectivity index (χ2v) is 6.66. The minimum atomic E-state index is -0.148. The lowest BCUT2D eigenvalue weighted by atomic mass is 9.93. The van der Waals surface area contributed by atoms with Crippen LogP contribution in [0.4, 0.5) is 0 Å². The van der Waals surface area contributed by atoms with Gasteiger partial charge in [-0.1, -0.05) is 29.4 Å². The fraction of sp³-hybridized carbons (Fsp3) is 0.500. The Morgan fingerprint density at radius 1 is 1.25 bits per heavy atom. The molecule has 2 aromatic rings. The lowest BCUT2D eigenvalue weighted by molar-refractivity contribution is -0.137. The highest BCUT2D eigenvalue weighted by molar-refractivity contribution is 5.82. The second-order valence-electron chi connectivity index (χ2n) is 6.66. The molecule has 6 nitrogen and oxygen atoms in total. The van der Waals surface area contributed by atoms with E-state index in [1.54, 1.807) is 0 Å². The van der Waals surface area contributed by atoms with Crippen molar-refractivity contribution in [2.24, 2.45) is 0 Å². The molecule has 2 aliphatic heterocycles. The maximum Gasteiger partial charge on any atom is 0.240 e. The van der Waals surface area contributed by atoms with Gasteiger partial charge in [-0.3, -0.25) is 9.69 Å². The zero-order valence-corrected chi connectivity index (χ0v) is 13.9. The van der Waals surface area contributed by atoms with Gasteiger partial charge in [-0.15, -0.1) is 0 Å². The number of carbonyl (C=O) groups excluding carboxylic acids is 1. The van der Waals surface area contributed by atoms with Gasteiger partial charge in [0.15, 0.2) is 5.82 Å². The number of rotatable bonds is 3. The third-order valence-electron chi connectivity index (χ3n) is 4.96. The number of benzene rings is 1. The summed E-state index contributed by atoms with van der Waals surface area (Å²) in [6, 6.07) is 8.22. The van der Waals surface area contributed by atoms with Gasteiger partial charge in [0.2, 0.25) is 11.8 Å². The van der Waals surface area contributed by atoms with Crippen molar-refractivity contribution < 1.29 is 9.32 Å². The lowest BCUT2D eigenvalue weighted by Gasteiger charge is -2.37. The Morgan fingerprint density at radius 3 is 2.71 bits per heavy atom. The van der Waals surface area contributed by atoms with Gasteiger partial charge in [0.1, 0.15) is 0 Å². The van der Waals surface area contributed by atoms with Crippen molar-refractivity contribution in [3.63, 3.8) is 0 Å². The summed E-state index contributed by atoms with van der Waals surface area (Å²) in [7, 11) is 0. The molecule has 0 aliphatic carbocycles. The lowest BCUT2D eigenvalue weighted by Crippen LogP contribution is -2.50. The average molecular weight is 326 g/mol. The first-order chi connectivity index (χ1) is 11.7. The first kappa shape index (κ1) is 15.3. The summed E-state index contributed by atoms with van der Waals surface area (Å²) < 4.78 is 5.28. The maximum atomic E-state index is 13.0. The van der Waals surface area contributed by atoms with Crippen LogP contribution in [-0.4, -0.2) is 45.0 Å². The minimum Gasteiger partial charge on any atom is -0.341 e. The van der Waals surface area contributed by atoms with Crippen molar-refractivity contribution >= 4 is 5.91 Å². The van der Waals surface area contributed by atoms with E-state index >= 15 is 0 Å². The molecule has 0 spiro atoms. The highest BCUT2D eigenvalue weighted by atomic mass is 16.5. The molecule has 24 heavy (non-hydrogen) atoms. The molecule has 1 unspecified atom stereocenters. The van der Waals surface area contributed by atoms with Gasteiger partial charge in [0, 0.05) is 19.6 Å². The van der Waals surface area contributed by atoms with Crippen molar-refractivity contribution in [1.29, 1.82) is 0 Å². The fourth-order valence-corrected chi connectivity index (χ4v) is 3.71. The SMILES string of the molecule is Cc1noc(CN2Cc3ccccc3CC2C(=O)N2CCCC2)n1. The topological polar surface area (TPSA) is 62.5 Å². The van der Waals surface area contributed by atoms with E-state index in [0.717, 1.165) is 38.9 Å². The highest BCUT2D eigenvalue weighted by Crippen LogP contribution is 2.26. The Hall–Kier alpha value is -2.21. The van der Waals surface area contributed by atoms with Crippen LogP contribution in [0, 0.1) is 6.92 Å². The highest BCUT2D eigenvalue weighted by Gasteiger charge is 2.35. The monoisotopic (exact) mass is 326 g/mol. The zero-order chi connectivity index (χ0) is 16.5. The molecule has 1 atom stereocenters. The summed E-state index contributed by atoms with van der Waals surface area (Å²) in [4.78, 5) is 21.5. The molecular formula is C18H22N4O2. The number of amides is 1. The van der Waals surface area contributed by atoms with Gasteiger partial charge in [0.05, 0.1) is 12.6 Å². The van der Waals surface area contributed by atoms with Crippen LogP contribution in [0.25, 0.3) is 0 Å². The predicted molar refractivity (Wildman–Crippen MR) is 88.0 cm³/mol. The summed E-state index contributed by atoms with van der Waals surface area (Å²) in [5, 5.41) is 3.87. The molecule has 0 saturated carbocycles. The molecule has 4 rings (SSSR count). The Labute approximate surface area is 141 Å². The van der Waals surface area contributed by atoms with Gasteiger partial charge >= 0.3 is 0 Å². The zero-order valence-electron chi connectivity index (χ0n) is 13.9. The van der Waals surface area contributed by atoms with Crippen LogP contribution in [0.2, 0.25) is 0 Å². The number of likely N-dealkylation sites (tertiary alicyclic amines) is 1. The molecule has 1 saturated heterocycles. The first-order valence-electron chi connectivity index (χ1n) is 8.59. The van der Waals surface area contributed by atoms with E-state index in [1.165, 1.54) is 11.1 Å². The van der Waals surface area contributed by atoms with E-state index in [2.05, 4.69) is 33.2 Å². The van der Waals surface area contributed by atoms with Gasteiger partial charge in [-0.2, -0.15) is 4.98 Å². The predicted octanol–water partition coefficient (Wildman–Crippen LogP) is 1.93. The quantitative estimate of drug-likeness (QED) is 0.862. The van der Waals surface area contributed by atoms with Gasteiger partial charge in [-0.05, 0) is 37.3 Å². The maximum absolute atomic E-state index is 13.0. The molecule has 0 radical (unpaired) electrons. The molecule has 1 fully saturated rings. The van der Waals surface area contributed by atoms with Crippen molar-refractivity contribution in [2.75, 3.05) is 13.1 Å². The number of aromatic nitrogens is 2. The average Bonchev–Trinajstić information content (AvgIpc) is 3.25. The Balaban J connectivity index is 1.60. The van der Waals surface area contributed by atoms with E-state index in [0.29, 0.717) is 18.3 Å². The molecule has 1 aromatic heterocycles. The number of hydrogen-bond acceptors (Lipinski definition) is 5. The molecular weight excluding hydrogens is 304 g/mol. The number of aryl methyl sites for hydroxylation is 1. The van der Waals surface area contributed by atoms with Gasteiger partial charge in [0.25, 0.3) is 0 Å². The van der Waals surface area contributed by atoms with E-state index in [1.807, 2.05) is 17.9 Å². The van der Waals surface area contributed by atoms with E-state index in [-0.39, 0.29) is 11.9 Å². The minimum absolute atomic E-state index is 0.148. The Kier molecular flexibility index (Phi) is 4.06. The summed E-state index contributed by atoms with van der Waals surface area (Å²) in [5.74, 6) is 1.44. The standard InChI is InChI=1S/C18H22N4O2/c1-13-19-17(24-20-13)12-22-11-15-7-3-2-6-14(15)10-16(22)18(23)21-8-4-5-9-21/h2-3,6-7,16H,4-5,8-12H2,1H3. The van der Waals surface area contributed by atoms with Gasteiger partial charge in [-0.25, -0.2) is 0 Å². The van der Waals surface area contributed by atoms with E-state index < -0.39 is 0 Å². The summed E-state index contributed by atoms with van der Waals surface area (Å²) >= 11 is 0. The normalized spacial score (nSPS) is 21.0. The number of fused-ring (bicyclic) bond motifs is 1. The number of carbonyl (C=O) groups is 1. The van der Waals surface area contributed by atoms with Crippen molar-refractivity contribution in [3.05, 3.63) is 47.1 Å². The Morgan fingerprint density at radius 2 is 2.00 bits per heavy atom. The molecule has 1 aromatic carbocycles. The summed E-state index contributed by atoms with van der Waals surface area (Å²) in [5.41, 5.74) is 2.55. The van der Waals surface area contributed by atoms with E-state index in [4.69, 9.17) is 4.52 Å². The molecule has 6 heteroatoms. The van der Waals surface area contributed by atoms with Crippen LogP contribution in [0.15, 0.2) is 28.8 Å². The summed E-state index contributed by atoms with van der Waals surface area (Å²) in [6.07, 6.45) is 2.97. The van der Waals surface area contributed by atoms with Crippen molar-refractivity contribution in [3.8, 4) is 0 Å². The van der Waals surface area contributed by atoms with Crippen molar-refractivity contribution in [1.82, 2.24) is 19.9 Å². The van der Waals surface area contributed by atoms with Crippen LogP contribution in [0.3, 0.4) is 0 Å². The number of nitrogens with zero attached hydrogens (tertiary/aromatic N) is 4. The molecule has 1 amide bonds. The number of hydrogen-bond donors (Lipinski definition) is 0. The molecule has 3 heterocycles. The molecule has 0 N–H and O–H groups in total. The summed E-state index contributed by atoms with van der Waals surface area (Å²) in [6.45, 7) is 4.82. The second kappa shape index (κ2) is 6.36. The van der Waals surface area contributed by atoms with Gasteiger partial charge < -0.3 is 9.42 Å². The van der Waals surface area contributed by atoms with Crippen molar-refractivity contribution in [2.45, 2.75) is 45.3 Å². The Bertz CT molecular complexity index is 736. The molecule has 2 aliphatic rings. The third-order valence-corrected chi connectivity index (χ3v) is 4.96. The third kappa shape index (κ3) is 2.94. The largest absolute Gasteiger partial charge is 0.341 e. The van der Waals surface area contributed by atoms with Crippen LogP contribution < -0.4 is 0 Å². The van der Waals surface area contributed by atoms with Crippen LogP contribution in [0.1, 0.15) is 35.7 Å². The van der Waals surface area contributed by atoms with Crippen LogP contribution in [0.5, 0.6) is 0 Å². The molecule has 0 bridgehead atoms. The molecule has 126 valence electrons. The smallest absolute Gasteiger partial charge is 0.240 e. The van der Waals surface area contributed by atoms with Crippen LogP contribution >= 0.6 is 0 Å². The fourth-order valence-electron chi connectivity index (χ4n) is 3.71. The first-order valence-corrected chi connectivity index (χ1v) is 8.59. The van der Waals surface area contributed by atoms with E-state index in [9.17, 15) is 4.79 Å².